The molecule has 0 saturated heterocycles. The third-order valence-corrected chi connectivity index (χ3v) is 3.26. The third-order valence-electron chi connectivity index (χ3n) is 3.06. The lowest BCUT2D eigenvalue weighted by Crippen LogP contribution is -2.19. The van der Waals surface area contributed by atoms with Crippen molar-refractivity contribution in [2.75, 3.05) is 16.0 Å². The van der Waals surface area contributed by atoms with Gasteiger partial charge in [0.15, 0.2) is 5.11 Å². The van der Waals surface area contributed by atoms with Gasteiger partial charge >= 0.3 is 0 Å². The molecule has 0 atom stereocenters. The molecule has 5 heteroatoms. The van der Waals surface area contributed by atoms with Gasteiger partial charge in [0.2, 0.25) is 5.91 Å². The molecule has 0 aliphatic heterocycles. The zero-order valence-corrected chi connectivity index (χ0v) is 13.5. The van der Waals surface area contributed by atoms with Crippen molar-refractivity contribution < 1.29 is 4.79 Å². The van der Waals surface area contributed by atoms with Crippen molar-refractivity contribution in [2.45, 2.75) is 20.3 Å². The third kappa shape index (κ3) is 4.86. The van der Waals surface area contributed by atoms with E-state index < -0.39 is 0 Å². The van der Waals surface area contributed by atoms with E-state index in [0.717, 1.165) is 23.5 Å². The van der Waals surface area contributed by atoms with Crippen molar-refractivity contribution in [1.82, 2.24) is 0 Å². The summed E-state index contributed by atoms with van der Waals surface area (Å²) in [5, 5.41) is 9.53. The van der Waals surface area contributed by atoms with Gasteiger partial charge in [-0.05, 0) is 60.6 Å². The number of hydrogen-bond donors (Lipinski definition) is 3. The maximum absolute atomic E-state index is 11.0. The maximum Gasteiger partial charge on any atom is 0.221 e. The van der Waals surface area contributed by atoms with E-state index in [1.54, 1.807) is 0 Å². The fraction of sp³-hybridized carbons (Fsp3) is 0.176. The number of carbonyl (C=O) groups excluding carboxylic acids is 1. The van der Waals surface area contributed by atoms with Crippen molar-refractivity contribution in [2.24, 2.45) is 0 Å². The molecule has 4 nitrogen and oxygen atoms in total. The SMILES string of the molecule is CCc1cccc(NC(=S)Nc2ccc(NC(C)=O)cc2)c1. The van der Waals surface area contributed by atoms with Crippen LogP contribution >= 0.6 is 12.2 Å². The van der Waals surface area contributed by atoms with Gasteiger partial charge < -0.3 is 16.0 Å². The summed E-state index contributed by atoms with van der Waals surface area (Å²) in [6.45, 7) is 3.60. The molecule has 0 fully saturated rings. The predicted octanol–water partition coefficient (Wildman–Crippen LogP) is 4.02. The molecule has 1 amide bonds. The van der Waals surface area contributed by atoms with Crippen LogP contribution < -0.4 is 16.0 Å². The molecule has 0 aliphatic carbocycles. The molecular formula is C17H19N3OS. The van der Waals surface area contributed by atoms with Gasteiger partial charge in [0, 0.05) is 24.0 Å². The normalized spacial score (nSPS) is 9.91. The van der Waals surface area contributed by atoms with Crippen LogP contribution in [-0.4, -0.2) is 11.0 Å². The first-order valence-corrected chi connectivity index (χ1v) is 7.52. The smallest absolute Gasteiger partial charge is 0.221 e. The minimum atomic E-state index is -0.0892. The van der Waals surface area contributed by atoms with Gasteiger partial charge in [-0.15, -0.1) is 0 Å². The molecule has 0 aliphatic rings. The summed E-state index contributed by atoms with van der Waals surface area (Å²) in [7, 11) is 0. The number of amides is 1. The Balaban J connectivity index is 1.95. The lowest BCUT2D eigenvalue weighted by Gasteiger charge is -2.12. The summed E-state index contributed by atoms with van der Waals surface area (Å²) < 4.78 is 0. The van der Waals surface area contributed by atoms with Crippen molar-refractivity contribution >= 4 is 40.3 Å². The fourth-order valence-electron chi connectivity index (χ4n) is 2.00. The van der Waals surface area contributed by atoms with Crippen molar-refractivity contribution in [3.05, 3.63) is 54.1 Å². The number of anilines is 3. The number of rotatable bonds is 4. The molecule has 0 saturated carbocycles. The van der Waals surface area contributed by atoms with E-state index >= 15 is 0 Å². The minimum Gasteiger partial charge on any atom is -0.332 e. The molecule has 0 aromatic heterocycles. The topological polar surface area (TPSA) is 53.2 Å². The van der Waals surface area contributed by atoms with Gasteiger partial charge in [-0.3, -0.25) is 4.79 Å². The standard InChI is InChI=1S/C17H19N3OS/c1-3-13-5-4-6-16(11-13)20-17(22)19-15-9-7-14(8-10-15)18-12(2)21/h4-11H,3H2,1-2H3,(H,18,21)(H2,19,20,22). The second-order valence-corrected chi connectivity index (χ2v) is 5.30. The second kappa shape index (κ2) is 7.56. The number of benzene rings is 2. The largest absolute Gasteiger partial charge is 0.332 e. The van der Waals surface area contributed by atoms with Crippen LogP contribution in [0.2, 0.25) is 0 Å². The molecule has 2 rings (SSSR count). The summed E-state index contributed by atoms with van der Waals surface area (Å²) in [6, 6.07) is 15.5. The Morgan fingerprint density at radius 2 is 1.55 bits per heavy atom. The number of carbonyl (C=O) groups is 1. The summed E-state index contributed by atoms with van der Waals surface area (Å²) in [6.07, 6.45) is 0.986. The first-order chi connectivity index (χ1) is 10.6. The highest BCUT2D eigenvalue weighted by Gasteiger charge is 2.01. The summed E-state index contributed by atoms with van der Waals surface area (Å²) in [5.41, 5.74) is 3.84. The van der Waals surface area contributed by atoms with Gasteiger partial charge in [0.25, 0.3) is 0 Å². The molecule has 0 unspecified atom stereocenters. The molecular weight excluding hydrogens is 294 g/mol. The average molecular weight is 313 g/mol. The Bertz CT molecular complexity index is 668. The minimum absolute atomic E-state index is 0.0892. The highest BCUT2D eigenvalue weighted by atomic mass is 32.1. The lowest BCUT2D eigenvalue weighted by atomic mass is 10.1. The van der Waals surface area contributed by atoms with Crippen LogP contribution in [0.5, 0.6) is 0 Å². The molecule has 22 heavy (non-hydrogen) atoms. The van der Waals surface area contributed by atoms with Crippen LogP contribution in [0.25, 0.3) is 0 Å². The highest BCUT2D eigenvalue weighted by Crippen LogP contribution is 2.15. The Morgan fingerprint density at radius 3 is 2.14 bits per heavy atom. The number of hydrogen-bond acceptors (Lipinski definition) is 2. The summed E-state index contributed by atoms with van der Waals surface area (Å²) in [4.78, 5) is 11.0. The van der Waals surface area contributed by atoms with Gasteiger partial charge in [-0.2, -0.15) is 0 Å². The van der Waals surface area contributed by atoms with E-state index in [1.807, 2.05) is 36.4 Å². The molecule has 114 valence electrons. The van der Waals surface area contributed by atoms with Crippen LogP contribution in [0.3, 0.4) is 0 Å². The van der Waals surface area contributed by atoms with E-state index in [4.69, 9.17) is 12.2 Å². The monoisotopic (exact) mass is 313 g/mol. The molecule has 0 radical (unpaired) electrons. The Hall–Kier alpha value is -2.40. The Morgan fingerprint density at radius 1 is 0.955 bits per heavy atom. The maximum atomic E-state index is 11.0. The molecule has 0 heterocycles. The van der Waals surface area contributed by atoms with E-state index in [9.17, 15) is 4.79 Å². The van der Waals surface area contributed by atoms with Crippen molar-refractivity contribution in [1.29, 1.82) is 0 Å². The second-order valence-electron chi connectivity index (χ2n) is 4.89. The van der Waals surface area contributed by atoms with Gasteiger partial charge in [-0.25, -0.2) is 0 Å². The van der Waals surface area contributed by atoms with Gasteiger partial charge in [-0.1, -0.05) is 19.1 Å². The molecule has 0 spiro atoms. The Kier molecular flexibility index (Phi) is 5.49. The van der Waals surface area contributed by atoms with E-state index in [1.165, 1.54) is 12.5 Å². The summed E-state index contributed by atoms with van der Waals surface area (Å²) in [5.74, 6) is -0.0892. The van der Waals surface area contributed by atoms with Crippen LogP contribution in [0.1, 0.15) is 19.4 Å². The molecule has 3 N–H and O–H groups in total. The van der Waals surface area contributed by atoms with Crippen molar-refractivity contribution in [3.63, 3.8) is 0 Å². The van der Waals surface area contributed by atoms with E-state index in [0.29, 0.717) is 5.11 Å². The van der Waals surface area contributed by atoms with Gasteiger partial charge in [0.1, 0.15) is 0 Å². The number of nitrogens with one attached hydrogen (secondary N) is 3. The zero-order valence-electron chi connectivity index (χ0n) is 12.6. The van der Waals surface area contributed by atoms with Crippen LogP contribution in [0.4, 0.5) is 17.1 Å². The first-order valence-electron chi connectivity index (χ1n) is 7.11. The summed E-state index contributed by atoms with van der Waals surface area (Å²) >= 11 is 5.31. The number of thiocarbonyl (C=S) groups is 1. The van der Waals surface area contributed by atoms with Gasteiger partial charge in [0.05, 0.1) is 0 Å². The van der Waals surface area contributed by atoms with Crippen LogP contribution in [0, 0.1) is 0 Å². The molecule has 0 bridgehead atoms. The quantitative estimate of drug-likeness (QED) is 0.746. The fourth-order valence-corrected chi connectivity index (χ4v) is 2.24. The molecule has 2 aromatic carbocycles. The highest BCUT2D eigenvalue weighted by molar-refractivity contribution is 7.80. The number of aryl methyl sites for hydroxylation is 1. The van der Waals surface area contributed by atoms with Crippen LogP contribution in [0.15, 0.2) is 48.5 Å². The first kappa shape index (κ1) is 16.0. The molecule has 2 aromatic rings. The zero-order chi connectivity index (χ0) is 15.9. The predicted molar refractivity (Wildman–Crippen MR) is 96.4 cm³/mol. The Labute approximate surface area is 135 Å². The average Bonchev–Trinajstić information content (AvgIpc) is 2.49. The van der Waals surface area contributed by atoms with E-state index in [2.05, 4.69) is 35.0 Å². The van der Waals surface area contributed by atoms with Crippen LogP contribution in [-0.2, 0) is 11.2 Å². The van der Waals surface area contributed by atoms with Crippen molar-refractivity contribution in [3.8, 4) is 0 Å². The van der Waals surface area contributed by atoms with E-state index in [-0.39, 0.29) is 5.91 Å². The lowest BCUT2D eigenvalue weighted by molar-refractivity contribution is -0.114.